The Morgan fingerprint density at radius 2 is 2.04 bits per heavy atom. The summed E-state index contributed by atoms with van der Waals surface area (Å²) < 4.78 is 5.74. The van der Waals surface area contributed by atoms with Crippen molar-refractivity contribution in [3.8, 4) is 5.75 Å². The molecule has 0 aliphatic carbocycles. The van der Waals surface area contributed by atoms with Crippen LogP contribution in [0.5, 0.6) is 5.75 Å². The quantitative estimate of drug-likeness (QED) is 0.930. The minimum Gasteiger partial charge on any atom is -0.491 e. The van der Waals surface area contributed by atoms with Crippen LogP contribution in [0.2, 0.25) is 0 Å². The first-order valence-corrected chi connectivity index (χ1v) is 8.67. The highest BCUT2D eigenvalue weighted by atomic mass is 16.5. The van der Waals surface area contributed by atoms with Gasteiger partial charge in [-0.15, -0.1) is 0 Å². The summed E-state index contributed by atoms with van der Waals surface area (Å²) in [4.78, 5) is 18.6. The van der Waals surface area contributed by atoms with Crippen molar-refractivity contribution >= 4 is 5.91 Å². The molecule has 1 atom stereocenters. The minimum absolute atomic E-state index is 0.0237. The van der Waals surface area contributed by atoms with Crippen molar-refractivity contribution < 1.29 is 14.6 Å². The SMILES string of the molecule is Cc1cncc(C(=O)N2CCCC(O)(COc3ccccc3)CC2)c1. The van der Waals surface area contributed by atoms with E-state index in [9.17, 15) is 9.90 Å². The number of benzene rings is 1. The second-order valence-electron chi connectivity index (χ2n) is 6.72. The number of rotatable bonds is 4. The average Bonchev–Trinajstić information content (AvgIpc) is 2.83. The van der Waals surface area contributed by atoms with Gasteiger partial charge in [0.2, 0.25) is 0 Å². The predicted molar refractivity (Wildman–Crippen MR) is 95.6 cm³/mol. The summed E-state index contributed by atoms with van der Waals surface area (Å²) in [6.07, 6.45) is 5.21. The fraction of sp³-hybridized carbons (Fsp3) is 0.400. The molecule has 1 fully saturated rings. The molecule has 25 heavy (non-hydrogen) atoms. The Bertz CT molecular complexity index is 720. The molecule has 1 aliphatic rings. The molecule has 1 unspecified atom stereocenters. The fourth-order valence-electron chi connectivity index (χ4n) is 3.12. The van der Waals surface area contributed by atoms with E-state index >= 15 is 0 Å². The van der Waals surface area contributed by atoms with Crippen LogP contribution in [0.15, 0.2) is 48.8 Å². The fourth-order valence-corrected chi connectivity index (χ4v) is 3.12. The largest absolute Gasteiger partial charge is 0.491 e. The lowest BCUT2D eigenvalue weighted by Crippen LogP contribution is -2.38. The molecule has 1 aromatic heterocycles. The van der Waals surface area contributed by atoms with Gasteiger partial charge in [0.05, 0.1) is 5.56 Å². The van der Waals surface area contributed by atoms with Gasteiger partial charge in [-0.1, -0.05) is 18.2 Å². The van der Waals surface area contributed by atoms with Crippen LogP contribution < -0.4 is 4.74 Å². The summed E-state index contributed by atoms with van der Waals surface area (Å²) in [5.41, 5.74) is 0.662. The third-order valence-corrected chi connectivity index (χ3v) is 4.58. The van der Waals surface area contributed by atoms with Gasteiger partial charge in [0.25, 0.3) is 5.91 Å². The molecule has 2 heterocycles. The van der Waals surface area contributed by atoms with Gasteiger partial charge in [0.15, 0.2) is 0 Å². The van der Waals surface area contributed by atoms with E-state index in [0.717, 1.165) is 17.7 Å². The van der Waals surface area contributed by atoms with Crippen LogP contribution in [0.4, 0.5) is 0 Å². The van der Waals surface area contributed by atoms with E-state index in [1.807, 2.05) is 43.3 Å². The maximum atomic E-state index is 12.7. The van der Waals surface area contributed by atoms with Crippen LogP contribution in [0, 0.1) is 6.92 Å². The van der Waals surface area contributed by atoms with E-state index in [1.165, 1.54) is 0 Å². The topological polar surface area (TPSA) is 62.7 Å². The molecule has 5 heteroatoms. The highest BCUT2D eigenvalue weighted by Crippen LogP contribution is 2.25. The number of carbonyl (C=O) groups excluding carboxylic acids is 1. The Morgan fingerprint density at radius 3 is 2.80 bits per heavy atom. The molecular formula is C20H24N2O3. The van der Waals surface area contributed by atoms with Gasteiger partial charge >= 0.3 is 0 Å². The summed E-state index contributed by atoms with van der Waals surface area (Å²) in [6, 6.07) is 11.3. The Morgan fingerprint density at radius 1 is 1.24 bits per heavy atom. The van der Waals surface area contributed by atoms with Crippen molar-refractivity contribution in [1.29, 1.82) is 0 Å². The number of hydrogen-bond acceptors (Lipinski definition) is 4. The molecule has 5 nitrogen and oxygen atoms in total. The maximum absolute atomic E-state index is 12.7. The third-order valence-electron chi connectivity index (χ3n) is 4.58. The zero-order valence-corrected chi connectivity index (χ0v) is 14.5. The average molecular weight is 340 g/mol. The number of aryl methyl sites for hydroxylation is 1. The van der Waals surface area contributed by atoms with Crippen molar-refractivity contribution in [3.63, 3.8) is 0 Å². The lowest BCUT2D eigenvalue weighted by Gasteiger charge is -2.27. The molecule has 0 bridgehead atoms. The zero-order chi connectivity index (χ0) is 17.7. The molecular weight excluding hydrogens is 316 g/mol. The first kappa shape index (κ1) is 17.4. The summed E-state index contributed by atoms with van der Waals surface area (Å²) >= 11 is 0. The number of pyridine rings is 1. The molecule has 0 spiro atoms. The molecule has 0 radical (unpaired) electrons. The van der Waals surface area contributed by atoms with E-state index in [2.05, 4.69) is 4.98 Å². The van der Waals surface area contributed by atoms with E-state index in [1.54, 1.807) is 17.3 Å². The van der Waals surface area contributed by atoms with Gasteiger partial charge in [-0.25, -0.2) is 0 Å². The van der Waals surface area contributed by atoms with E-state index in [-0.39, 0.29) is 12.5 Å². The molecule has 1 amide bonds. The standard InChI is InChI=1S/C20H24N2O3/c1-16-12-17(14-21-13-16)19(23)22-10-5-8-20(24,9-11-22)15-25-18-6-3-2-4-7-18/h2-4,6-7,12-14,24H,5,8-11,15H2,1H3. The number of para-hydroxylation sites is 1. The van der Waals surface area contributed by atoms with Crippen molar-refractivity contribution in [2.45, 2.75) is 31.8 Å². The number of aromatic nitrogens is 1. The van der Waals surface area contributed by atoms with Crippen LogP contribution in [-0.4, -0.2) is 46.2 Å². The van der Waals surface area contributed by atoms with Crippen LogP contribution in [-0.2, 0) is 0 Å². The van der Waals surface area contributed by atoms with Gasteiger partial charge < -0.3 is 14.7 Å². The van der Waals surface area contributed by atoms with Gasteiger partial charge in [-0.05, 0) is 49.9 Å². The van der Waals surface area contributed by atoms with Crippen LogP contribution >= 0.6 is 0 Å². The number of carbonyl (C=O) groups is 1. The zero-order valence-electron chi connectivity index (χ0n) is 14.5. The molecule has 1 aromatic carbocycles. The molecule has 0 saturated carbocycles. The number of aliphatic hydroxyl groups is 1. The maximum Gasteiger partial charge on any atom is 0.255 e. The van der Waals surface area contributed by atoms with E-state index in [0.29, 0.717) is 31.5 Å². The monoisotopic (exact) mass is 340 g/mol. The number of amides is 1. The Labute approximate surface area is 148 Å². The summed E-state index contributed by atoms with van der Waals surface area (Å²) in [5, 5.41) is 10.9. The predicted octanol–water partition coefficient (Wildman–Crippen LogP) is 2.83. The highest BCUT2D eigenvalue weighted by Gasteiger charge is 2.32. The summed E-state index contributed by atoms with van der Waals surface area (Å²) in [6.45, 7) is 3.32. The lowest BCUT2D eigenvalue weighted by atomic mass is 9.96. The Hall–Kier alpha value is -2.40. The Kier molecular flexibility index (Phi) is 5.34. The number of nitrogens with zero attached hydrogens (tertiary/aromatic N) is 2. The van der Waals surface area contributed by atoms with E-state index < -0.39 is 5.60 Å². The number of ether oxygens (including phenoxy) is 1. The molecule has 1 N–H and O–H groups in total. The third kappa shape index (κ3) is 4.57. The summed E-state index contributed by atoms with van der Waals surface area (Å²) in [5.74, 6) is 0.725. The molecule has 1 saturated heterocycles. The van der Waals surface area contributed by atoms with Crippen molar-refractivity contribution in [1.82, 2.24) is 9.88 Å². The molecule has 3 rings (SSSR count). The normalized spacial score (nSPS) is 20.8. The molecule has 1 aliphatic heterocycles. The Balaban J connectivity index is 1.60. The first-order chi connectivity index (χ1) is 12.1. The van der Waals surface area contributed by atoms with Crippen molar-refractivity contribution in [2.24, 2.45) is 0 Å². The second kappa shape index (κ2) is 7.66. The number of likely N-dealkylation sites (tertiary alicyclic amines) is 1. The molecule has 132 valence electrons. The first-order valence-electron chi connectivity index (χ1n) is 8.67. The van der Waals surface area contributed by atoms with Gasteiger partial charge in [0, 0.05) is 25.5 Å². The van der Waals surface area contributed by atoms with Gasteiger partial charge in [-0.3, -0.25) is 9.78 Å². The van der Waals surface area contributed by atoms with Crippen LogP contribution in [0.1, 0.15) is 35.2 Å². The number of hydrogen-bond donors (Lipinski definition) is 1. The highest BCUT2D eigenvalue weighted by molar-refractivity contribution is 5.94. The molecule has 2 aromatic rings. The summed E-state index contributed by atoms with van der Waals surface area (Å²) in [7, 11) is 0. The second-order valence-corrected chi connectivity index (χ2v) is 6.72. The van der Waals surface area contributed by atoms with Crippen LogP contribution in [0.3, 0.4) is 0 Å². The smallest absolute Gasteiger partial charge is 0.255 e. The lowest BCUT2D eigenvalue weighted by molar-refractivity contribution is -0.0163. The van der Waals surface area contributed by atoms with Crippen LogP contribution in [0.25, 0.3) is 0 Å². The van der Waals surface area contributed by atoms with Crippen molar-refractivity contribution in [2.75, 3.05) is 19.7 Å². The van der Waals surface area contributed by atoms with Crippen molar-refractivity contribution in [3.05, 3.63) is 59.9 Å². The minimum atomic E-state index is -0.907. The van der Waals surface area contributed by atoms with Gasteiger partial charge in [0.1, 0.15) is 18.0 Å². The van der Waals surface area contributed by atoms with Gasteiger partial charge in [-0.2, -0.15) is 0 Å². The van der Waals surface area contributed by atoms with E-state index in [4.69, 9.17) is 4.74 Å².